The van der Waals surface area contributed by atoms with E-state index in [4.69, 9.17) is 16.3 Å². The van der Waals surface area contributed by atoms with Gasteiger partial charge >= 0.3 is 0 Å². The van der Waals surface area contributed by atoms with Gasteiger partial charge in [-0.3, -0.25) is 4.72 Å². The number of aromatic nitrogens is 1. The number of nitrogens with zero attached hydrogens (tertiary/aromatic N) is 1. The lowest BCUT2D eigenvalue weighted by Crippen LogP contribution is -2.13. The van der Waals surface area contributed by atoms with Crippen LogP contribution < -0.4 is 9.46 Å². The summed E-state index contributed by atoms with van der Waals surface area (Å²) in [6, 6.07) is 4.39. The minimum atomic E-state index is -3.76. The molecule has 8 heteroatoms. The number of sulfonamides is 1. The number of methoxy groups -OCH3 is 1. The topological polar surface area (TPSA) is 68.3 Å². The molecule has 20 heavy (non-hydrogen) atoms. The third kappa shape index (κ3) is 3.05. The van der Waals surface area contributed by atoms with Crippen LogP contribution in [0.25, 0.3) is 0 Å². The second-order valence-corrected chi connectivity index (χ2v) is 7.32. The molecule has 108 valence electrons. The van der Waals surface area contributed by atoms with Crippen LogP contribution in [0.4, 0.5) is 5.13 Å². The molecule has 0 saturated heterocycles. The number of halogens is 1. The largest absolute Gasteiger partial charge is 0.497 e. The fraction of sp³-hybridized carbons (Fsp3) is 0.250. The molecule has 0 fully saturated rings. The molecule has 0 saturated carbocycles. The minimum absolute atomic E-state index is 0.00882. The van der Waals surface area contributed by atoms with Gasteiger partial charge in [0.05, 0.1) is 17.8 Å². The molecule has 2 rings (SSSR count). The number of anilines is 1. The number of hydrogen-bond acceptors (Lipinski definition) is 5. The van der Waals surface area contributed by atoms with Crippen molar-refractivity contribution < 1.29 is 13.2 Å². The van der Waals surface area contributed by atoms with Gasteiger partial charge in [0, 0.05) is 10.9 Å². The van der Waals surface area contributed by atoms with E-state index < -0.39 is 10.0 Å². The van der Waals surface area contributed by atoms with Crippen molar-refractivity contribution in [3.63, 3.8) is 0 Å². The van der Waals surface area contributed by atoms with Gasteiger partial charge in [0.25, 0.3) is 10.0 Å². The number of nitrogens with one attached hydrogen (secondary N) is 1. The lowest BCUT2D eigenvalue weighted by atomic mass is 10.3. The normalized spacial score (nSPS) is 11.4. The molecular formula is C12H13ClN2O3S2. The van der Waals surface area contributed by atoms with Gasteiger partial charge in [0.15, 0.2) is 5.13 Å². The zero-order valence-electron chi connectivity index (χ0n) is 11.1. The molecule has 5 nitrogen and oxygen atoms in total. The van der Waals surface area contributed by atoms with Gasteiger partial charge in [-0.15, -0.1) is 11.3 Å². The lowest BCUT2D eigenvalue weighted by molar-refractivity contribution is 0.414. The molecule has 0 spiro atoms. The van der Waals surface area contributed by atoms with Crippen LogP contribution in [0.3, 0.4) is 0 Å². The Kier molecular flexibility index (Phi) is 4.22. The lowest BCUT2D eigenvalue weighted by Gasteiger charge is -2.08. The third-order valence-electron chi connectivity index (χ3n) is 2.68. The summed E-state index contributed by atoms with van der Waals surface area (Å²) in [7, 11) is -2.28. The fourth-order valence-corrected chi connectivity index (χ4v) is 4.10. The van der Waals surface area contributed by atoms with E-state index in [0.717, 1.165) is 10.6 Å². The van der Waals surface area contributed by atoms with Crippen LogP contribution in [0.5, 0.6) is 5.75 Å². The zero-order valence-corrected chi connectivity index (χ0v) is 13.5. The second-order valence-electron chi connectivity index (χ2n) is 4.06. The summed E-state index contributed by atoms with van der Waals surface area (Å²) < 4.78 is 32.0. The highest BCUT2D eigenvalue weighted by atomic mass is 35.5. The van der Waals surface area contributed by atoms with E-state index in [1.54, 1.807) is 6.07 Å². The van der Waals surface area contributed by atoms with Crippen LogP contribution in [0.1, 0.15) is 10.6 Å². The SMILES string of the molecule is COc1ccc(S(=O)(=O)Nc2nc(C)c(C)s2)c(Cl)c1. The predicted molar refractivity (Wildman–Crippen MR) is 80.4 cm³/mol. The van der Waals surface area contributed by atoms with E-state index >= 15 is 0 Å². The Morgan fingerprint density at radius 1 is 1.35 bits per heavy atom. The van der Waals surface area contributed by atoms with Crippen molar-refractivity contribution in [2.45, 2.75) is 18.7 Å². The molecule has 0 unspecified atom stereocenters. The van der Waals surface area contributed by atoms with Crippen LogP contribution in [0.15, 0.2) is 23.1 Å². The minimum Gasteiger partial charge on any atom is -0.497 e. The summed E-state index contributed by atoms with van der Waals surface area (Å²) in [6.07, 6.45) is 0. The first kappa shape index (κ1) is 15.1. The predicted octanol–water partition coefficient (Wildman–Crippen LogP) is 3.22. The highest BCUT2D eigenvalue weighted by molar-refractivity contribution is 7.93. The number of hydrogen-bond donors (Lipinski definition) is 1. The zero-order chi connectivity index (χ0) is 14.9. The Morgan fingerprint density at radius 3 is 2.55 bits per heavy atom. The van der Waals surface area contributed by atoms with Crippen LogP contribution in [-0.2, 0) is 10.0 Å². The van der Waals surface area contributed by atoms with Crippen molar-refractivity contribution in [2.24, 2.45) is 0 Å². The summed E-state index contributed by atoms with van der Waals surface area (Å²) in [4.78, 5) is 5.10. The summed E-state index contributed by atoms with van der Waals surface area (Å²) in [5.74, 6) is 0.495. The molecule has 1 aromatic carbocycles. The van der Waals surface area contributed by atoms with Crippen molar-refractivity contribution in [1.29, 1.82) is 0 Å². The quantitative estimate of drug-likeness (QED) is 0.933. The summed E-state index contributed by atoms with van der Waals surface area (Å²) in [5.41, 5.74) is 0.800. The van der Waals surface area contributed by atoms with Crippen LogP contribution in [0, 0.1) is 13.8 Å². The smallest absolute Gasteiger partial charge is 0.265 e. The van der Waals surface area contributed by atoms with Crippen molar-refractivity contribution in [2.75, 3.05) is 11.8 Å². The average molecular weight is 333 g/mol. The molecule has 0 bridgehead atoms. The van der Waals surface area contributed by atoms with Gasteiger partial charge < -0.3 is 4.74 Å². The Hall–Kier alpha value is -1.31. The second kappa shape index (κ2) is 5.59. The van der Waals surface area contributed by atoms with E-state index in [-0.39, 0.29) is 9.92 Å². The molecule has 0 aliphatic rings. The maximum atomic E-state index is 12.3. The van der Waals surface area contributed by atoms with E-state index in [1.807, 2.05) is 13.8 Å². The Balaban J connectivity index is 2.35. The highest BCUT2D eigenvalue weighted by Crippen LogP contribution is 2.29. The Labute approximate surface area is 126 Å². The standard InChI is InChI=1S/C12H13ClN2O3S2/c1-7-8(2)19-12(14-7)15-20(16,17)11-5-4-9(18-3)6-10(11)13/h4-6H,1-3H3,(H,14,15). The number of benzene rings is 1. The Morgan fingerprint density at radius 2 is 2.05 bits per heavy atom. The average Bonchev–Trinajstić information content (AvgIpc) is 2.66. The van der Waals surface area contributed by atoms with E-state index in [9.17, 15) is 8.42 Å². The molecule has 1 heterocycles. The van der Waals surface area contributed by atoms with Crippen molar-refractivity contribution >= 4 is 38.1 Å². The summed E-state index contributed by atoms with van der Waals surface area (Å²) >= 11 is 7.26. The van der Waals surface area contributed by atoms with Crippen LogP contribution in [-0.4, -0.2) is 20.5 Å². The van der Waals surface area contributed by atoms with E-state index in [0.29, 0.717) is 10.9 Å². The highest BCUT2D eigenvalue weighted by Gasteiger charge is 2.20. The number of thiazole rings is 1. The van der Waals surface area contributed by atoms with E-state index in [2.05, 4.69) is 9.71 Å². The first-order valence-electron chi connectivity index (χ1n) is 5.64. The van der Waals surface area contributed by atoms with Gasteiger partial charge in [-0.2, -0.15) is 0 Å². The van der Waals surface area contributed by atoms with Gasteiger partial charge in [-0.25, -0.2) is 13.4 Å². The van der Waals surface area contributed by atoms with Crippen molar-refractivity contribution in [3.8, 4) is 5.75 Å². The third-order valence-corrected chi connectivity index (χ3v) is 5.62. The van der Waals surface area contributed by atoms with Gasteiger partial charge in [0.2, 0.25) is 0 Å². The molecule has 1 N–H and O–H groups in total. The number of rotatable bonds is 4. The van der Waals surface area contributed by atoms with Gasteiger partial charge in [-0.1, -0.05) is 11.6 Å². The first-order valence-corrected chi connectivity index (χ1v) is 8.31. The summed E-state index contributed by atoms with van der Waals surface area (Å²) in [6.45, 7) is 3.70. The molecule has 2 aromatic rings. The number of aryl methyl sites for hydroxylation is 2. The van der Waals surface area contributed by atoms with Crippen LogP contribution in [0.2, 0.25) is 5.02 Å². The molecule has 0 aliphatic heterocycles. The van der Waals surface area contributed by atoms with Crippen molar-refractivity contribution in [1.82, 2.24) is 4.98 Å². The fourth-order valence-electron chi connectivity index (χ4n) is 1.51. The van der Waals surface area contributed by atoms with Crippen LogP contribution >= 0.6 is 22.9 Å². The molecule has 0 atom stereocenters. The van der Waals surface area contributed by atoms with Crippen molar-refractivity contribution in [3.05, 3.63) is 33.8 Å². The summed E-state index contributed by atoms with van der Waals surface area (Å²) in [5, 5.41) is 0.425. The maximum absolute atomic E-state index is 12.3. The van der Waals surface area contributed by atoms with E-state index in [1.165, 1.54) is 30.6 Å². The molecule has 0 aliphatic carbocycles. The van der Waals surface area contributed by atoms with Gasteiger partial charge in [0.1, 0.15) is 10.6 Å². The first-order chi connectivity index (χ1) is 9.33. The monoisotopic (exact) mass is 332 g/mol. The molecule has 0 radical (unpaired) electrons. The molecular weight excluding hydrogens is 320 g/mol. The Bertz CT molecular complexity index is 722. The molecule has 1 aromatic heterocycles. The number of ether oxygens (including phenoxy) is 1. The van der Waals surface area contributed by atoms with Gasteiger partial charge in [-0.05, 0) is 26.0 Å². The molecule has 0 amide bonds. The maximum Gasteiger partial charge on any atom is 0.265 e.